The van der Waals surface area contributed by atoms with Gasteiger partial charge in [-0.15, -0.1) is 0 Å². The molecule has 1 N–H and O–H groups in total. The third-order valence-corrected chi connectivity index (χ3v) is 5.77. The van der Waals surface area contributed by atoms with Gasteiger partial charge in [0, 0.05) is 44.6 Å². The summed E-state index contributed by atoms with van der Waals surface area (Å²) in [5.41, 5.74) is -0.0583. The average Bonchev–Trinajstić information content (AvgIpc) is 2.93. The largest absolute Gasteiger partial charge is 0.341 e. The Morgan fingerprint density at radius 3 is 2.59 bits per heavy atom. The van der Waals surface area contributed by atoms with E-state index in [1.165, 1.54) is 4.90 Å². The summed E-state index contributed by atoms with van der Waals surface area (Å²) in [7, 11) is 3.98. The van der Waals surface area contributed by atoms with Gasteiger partial charge in [0.05, 0.1) is 0 Å². The Morgan fingerprint density at radius 1 is 1.15 bits per heavy atom. The lowest BCUT2D eigenvalue weighted by Gasteiger charge is -2.48. The minimum Gasteiger partial charge on any atom is -0.341 e. The molecule has 3 fully saturated rings. The molecule has 3 aliphatic heterocycles. The van der Waals surface area contributed by atoms with Crippen LogP contribution in [0, 0.1) is 5.41 Å². The van der Waals surface area contributed by atoms with E-state index < -0.39 is 6.03 Å². The number of imide groups is 1. The van der Waals surface area contributed by atoms with Crippen LogP contribution in [-0.4, -0.2) is 103 Å². The lowest BCUT2D eigenvalue weighted by Crippen LogP contribution is -2.56. The second kappa shape index (κ2) is 7.84. The monoisotopic (exact) mass is 379 g/mol. The maximum absolute atomic E-state index is 12.7. The summed E-state index contributed by atoms with van der Waals surface area (Å²) in [6, 6.07) is -0.502. The van der Waals surface area contributed by atoms with Gasteiger partial charge >= 0.3 is 6.03 Å². The number of nitrogens with one attached hydrogen (secondary N) is 1. The van der Waals surface area contributed by atoms with E-state index in [1.54, 1.807) is 4.90 Å². The van der Waals surface area contributed by atoms with Gasteiger partial charge in [-0.2, -0.15) is 0 Å². The summed E-state index contributed by atoms with van der Waals surface area (Å²) in [6.07, 6.45) is 3.23. The molecule has 1 atom stereocenters. The van der Waals surface area contributed by atoms with E-state index in [9.17, 15) is 19.2 Å². The summed E-state index contributed by atoms with van der Waals surface area (Å²) in [5.74, 6) is -0.306. The van der Waals surface area contributed by atoms with Crippen molar-refractivity contribution in [3.8, 4) is 0 Å². The van der Waals surface area contributed by atoms with Crippen molar-refractivity contribution in [1.29, 1.82) is 0 Å². The zero-order chi connectivity index (χ0) is 19.6. The van der Waals surface area contributed by atoms with Crippen LogP contribution in [0.15, 0.2) is 0 Å². The minimum atomic E-state index is -0.502. The van der Waals surface area contributed by atoms with Gasteiger partial charge in [0.2, 0.25) is 17.7 Å². The standard InChI is InChI=1S/C18H29N5O4/c1-20(2)8-9-22-13-18(6-4-15(22)25)5-3-7-21(12-18)16(26)11-23-10-14(24)19-17(23)27/h3-13H2,1-2H3,(H,19,24,27)/t18-/m1/s1. The van der Waals surface area contributed by atoms with Gasteiger partial charge in [0.1, 0.15) is 13.1 Å². The van der Waals surface area contributed by atoms with E-state index in [2.05, 4.69) is 10.2 Å². The molecule has 0 aliphatic carbocycles. The molecule has 3 rings (SSSR count). The van der Waals surface area contributed by atoms with Gasteiger partial charge in [-0.3, -0.25) is 19.7 Å². The Balaban J connectivity index is 1.60. The number of likely N-dealkylation sites (tertiary alicyclic amines) is 2. The third-order valence-electron chi connectivity index (χ3n) is 5.77. The van der Waals surface area contributed by atoms with Crippen LogP contribution in [0.1, 0.15) is 25.7 Å². The van der Waals surface area contributed by atoms with Crippen molar-refractivity contribution in [2.24, 2.45) is 5.41 Å². The van der Waals surface area contributed by atoms with Gasteiger partial charge in [0.15, 0.2) is 0 Å². The zero-order valence-corrected chi connectivity index (χ0v) is 16.2. The van der Waals surface area contributed by atoms with Crippen LogP contribution in [0.25, 0.3) is 0 Å². The van der Waals surface area contributed by atoms with E-state index in [0.717, 1.165) is 25.8 Å². The molecule has 0 aromatic carbocycles. The first-order chi connectivity index (χ1) is 12.8. The maximum atomic E-state index is 12.7. The van der Waals surface area contributed by atoms with Crippen LogP contribution in [0.5, 0.6) is 0 Å². The van der Waals surface area contributed by atoms with Crippen molar-refractivity contribution in [1.82, 2.24) is 24.9 Å². The predicted octanol–water partition coefficient (Wildman–Crippen LogP) is -0.669. The molecule has 9 nitrogen and oxygen atoms in total. The summed E-state index contributed by atoms with van der Waals surface area (Å²) < 4.78 is 0. The van der Waals surface area contributed by atoms with Crippen LogP contribution in [0.4, 0.5) is 4.79 Å². The number of urea groups is 1. The minimum absolute atomic E-state index is 0.0583. The lowest BCUT2D eigenvalue weighted by atomic mass is 9.73. The van der Waals surface area contributed by atoms with Gasteiger partial charge in [-0.25, -0.2) is 4.79 Å². The molecule has 0 saturated carbocycles. The smallest absolute Gasteiger partial charge is 0.325 e. The van der Waals surface area contributed by atoms with Crippen molar-refractivity contribution < 1.29 is 19.2 Å². The van der Waals surface area contributed by atoms with Gasteiger partial charge in [0.25, 0.3) is 0 Å². The quantitative estimate of drug-likeness (QED) is 0.640. The second-order valence-electron chi connectivity index (χ2n) is 8.25. The fourth-order valence-corrected chi connectivity index (χ4v) is 4.25. The topological polar surface area (TPSA) is 93.3 Å². The highest BCUT2D eigenvalue weighted by Crippen LogP contribution is 2.38. The highest BCUT2D eigenvalue weighted by atomic mass is 16.2. The number of hydrogen-bond donors (Lipinski definition) is 1. The number of rotatable bonds is 5. The molecule has 150 valence electrons. The van der Waals surface area contributed by atoms with E-state index in [1.807, 2.05) is 19.0 Å². The molecule has 3 saturated heterocycles. The number of amides is 5. The molecule has 0 unspecified atom stereocenters. The molecule has 0 radical (unpaired) electrons. The zero-order valence-electron chi connectivity index (χ0n) is 16.2. The molecule has 0 aromatic rings. The van der Waals surface area contributed by atoms with Crippen molar-refractivity contribution in [2.75, 3.05) is 59.9 Å². The van der Waals surface area contributed by atoms with Crippen molar-refractivity contribution in [2.45, 2.75) is 25.7 Å². The molecule has 9 heteroatoms. The molecule has 5 amide bonds. The van der Waals surface area contributed by atoms with Crippen LogP contribution < -0.4 is 5.32 Å². The predicted molar refractivity (Wildman–Crippen MR) is 97.7 cm³/mol. The van der Waals surface area contributed by atoms with Crippen LogP contribution in [0.2, 0.25) is 0 Å². The molecular weight excluding hydrogens is 350 g/mol. The highest BCUT2D eigenvalue weighted by Gasteiger charge is 2.43. The second-order valence-corrected chi connectivity index (χ2v) is 8.25. The van der Waals surface area contributed by atoms with E-state index in [0.29, 0.717) is 32.6 Å². The summed E-state index contributed by atoms with van der Waals surface area (Å²) in [6.45, 7) is 3.36. The van der Waals surface area contributed by atoms with Crippen molar-refractivity contribution >= 4 is 23.8 Å². The Kier molecular flexibility index (Phi) is 5.69. The number of carbonyl (C=O) groups is 4. The number of hydrogen-bond acceptors (Lipinski definition) is 5. The number of nitrogens with zero attached hydrogens (tertiary/aromatic N) is 4. The van der Waals surface area contributed by atoms with Crippen molar-refractivity contribution in [3.05, 3.63) is 0 Å². The fraction of sp³-hybridized carbons (Fsp3) is 0.778. The first-order valence-corrected chi connectivity index (χ1v) is 9.57. The Morgan fingerprint density at radius 2 is 1.93 bits per heavy atom. The highest BCUT2D eigenvalue weighted by molar-refractivity contribution is 6.03. The SMILES string of the molecule is CN(C)CCN1C[C@]2(CCCN(C(=O)CN3CC(=O)NC3=O)C2)CCC1=O. The maximum Gasteiger partial charge on any atom is 0.325 e. The molecule has 3 heterocycles. The third kappa shape index (κ3) is 4.58. The van der Waals surface area contributed by atoms with E-state index >= 15 is 0 Å². The molecule has 0 aromatic heterocycles. The van der Waals surface area contributed by atoms with Gasteiger partial charge in [-0.05, 0) is 33.4 Å². The number of carbonyl (C=O) groups excluding carboxylic acids is 4. The molecular formula is C18H29N5O4. The number of likely N-dealkylation sites (N-methyl/N-ethyl adjacent to an activating group) is 1. The molecule has 0 bridgehead atoms. The van der Waals surface area contributed by atoms with Crippen LogP contribution in [-0.2, 0) is 14.4 Å². The van der Waals surface area contributed by atoms with Crippen molar-refractivity contribution in [3.63, 3.8) is 0 Å². The normalized spacial score (nSPS) is 26.3. The number of piperidine rings is 2. The summed E-state index contributed by atoms with van der Waals surface area (Å²) >= 11 is 0. The fourth-order valence-electron chi connectivity index (χ4n) is 4.25. The first-order valence-electron chi connectivity index (χ1n) is 9.57. The molecule has 27 heavy (non-hydrogen) atoms. The van der Waals surface area contributed by atoms with Crippen LogP contribution >= 0.6 is 0 Å². The van der Waals surface area contributed by atoms with E-state index in [-0.39, 0.29) is 36.2 Å². The molecule has 1 spiro atoms. The van der Waals surface area contributed by atoms with Crippen LogP contribution in [0.3, 0.4) is 0 Å². The van der Waals surface area contributed by atoms with Gasteiger partial charge < -0.3 is 19.6 Å². The summed E-state index contributed by atoms with van der Waals surface area (Å²) in [5, 5.41) is 2.19. The summed E-state index contributed by atoms with van der Waals surface area (Å²) in [4.78, 5) is 55.0. The van der Waals surface area contributed by atoms with E-state index in [4.69, 9.17) is 0 Å². The molecule has 3 aliphatic rings. The van der Waals surface area contributed by atoms with Gasteiger partial charge in [-0.1, -0.05) is 0 Å². The first kappa shape index (κ1) is 19.6. The Bertz CT molecular complexity index is 637. The lowest BCUT2D eigenvalue weighted by molar-refractivity contribution is -0.143. The average molecular weight is 379 g/mol. The Hall–Kier alpha value is -2.16. The Labute approximate surface area is 159 Å².